The number of nitrogens with zero attached hydrogens (tertiary/aromatic N) is 3. The first-order valence-electron chi connectivity index (χ1n) is 13.5. The third-order valence-corrected chi connectivity index (χ3v) is 9.39. The van der Waals surface area contributed by atoms with E-state index in [2.05, 4.69) is 5.32 Å². The first-order chi connectivity index (χ1) is 20.5. The van der Waals surface area contributed by atoms with E-state index in [1.807, 2.05) is 11.8 Å². The quantitative estimate of drug-likeness (QED) is 0.139. The zero-order chi connectivity index (χ0) is 30.7. The Bertz CT molecular complexity index is 1810. The van der Waals surface area contributed by atoms with Crippen LogP contribution < -0.4 is 10.2 Å². The third kappa shape index (κ3) is 6.64. The average Bonchev–Trinajstić information content (AvgIpc) is 3.45. The molecule has 1 aromatic heterocycles. The van der Waals surface area contributed by atoms with Gasteiger partial charge in [0.1, 0.15) is 11.5 Å². The first kappa shape index (κ1) is 30.0. The highest BCUT2D eigenvalue weighted by atomic mass is 35.5. The van der Waals surface area contributed by atoms with Crippen molar-refractivity contribution in [1.82, 2.24) is 4.31 Å². The molecule has 5 rings (SSSR count). The number of nitro benzene ring substituents is 1. The zero-order valence-electron chi connectivity index (χ0n) is 23.5. The summed E-state index contributed by atoms with van der Waals surface area (Å²) in [5.74, 6) is 0.543. The van der Waals surface area contributed by atoms with Gasteiger partial charge in [0, 0.05) is 50.0 Å². The van der Waals surface area contributed by atoms with Gasteiger partial charge in [0.2, 0.25) is 15.9 Å². The number of carbonyl (C=O) groups is 1. The van der Waals surface area contributed by atoms with Crippen LogP contribution in [0.4, 0.5) is 17.1 Å². The second kappa shape index (κ2) is 12.4. The summed E-state index contributed by atoms with van der Waals surface area (Å²) in [6, 6.07) is 20.0. The molecule has 1 N–H and O–H groups in total. The molecule has 0 bridgehead atoms. The van der Waals surface area contributed by atoms with Crippen molar-refractivity contribution in [2.75, 3.05) is 36.4 Å². The highest BCUT2D eigenvalue weighted by molar-refractivity contribution is 7.89. The van der Waals surface area contributed by atoms with Crippen molar-refractivity contribution in [3.05, 3.63) is 111 Å². The summed E-state index contributed by atoms with van der Waals surface area (Å²) in [6.07, 6.45) is 2.86. The number of piperazine rings is 1. The van der Waals surface area contributed by atoms with E-state index in [1.54, 1.807) is 67.6 Å². The Morgan fingerprint density at radius 2 is 1.72 bits per heavy atom. The Labute approximate surface area is 254 Å². The molecule has 0 atom stereocenters. The van der Waals surface area contributed by atoms with Gasteiger partial charge in [-0.3, -0.25) is 14.9 Å². The number of halogens is 1. The van der Waals surface area contributed by atoms with Crippen molar-refractivity contribution >= 4 is 50.7 Å². The van der Waals surface area contributed by atoms with Crippen molar-refractivity contribution in [3.8, 4) is 11.3 Å². The van der Waals surface area contributed by atoms with Gasteiger partial charge < -0.3 is 14.6 Å². The maximum Gasteiger partial charge on any atom is 0.269 e. The van der Waals surface area contributed by atoms with Gasteiger partial charge in [-0.15, -0.1) is 0 Å². The average molecular weight is 621 g/mol. The lowest BCUT2D eigenvalue weighted by molar-refractivity contribution is -0.384. The fraction of sp³-hybridized carbons (Fsp3) is 0.194. The van der Waals surface area contributed by atoms with E-state index >= 15 is 0 Å². The molecule has 1 fully saturated rings. The minimum Gasteiger partial charge on any atom is -0.457 e. The number of anilines is 2. The number of rotatable bonds is 8. The molecule has 1 aliphatic heterocycles. The molecule has 2 heterocycles. The van der Waals surface area contributed by atoms with Gasteiger partial charge in [0.05, 0.1) is 26.2 Å². The highest BCUT2D eigenvalue weighted by Crippen LogP contribution is 2.35. The summed E-state index contributed by atoms with van der Waals surface area (Å²) in [6.45, 7) is 4.99. The molecule has 1 saturated heterocycles. The van der Waals surface area contributed by atoms with Crippen molar-refractivity contribution in [3.63, 3.8) is 0 Å². The number of hydrogen-bond donors (Lipinski definition) is 1. The lowest BCUT2D eigenvalue weighted by atomic mass is 10.1. The number of nitrogens with one attached hydrogen (secondary N) is 1. The molecule has 1 amide bonds. The van der Waals surface area contributed by atoms with E-state index in [9.17, 15) is 23.3 Å². The van der Waals surface area contributed by atoms with Crippen LogP contribution in [-0.2, 0) is 14.8 Å². The van der Waals surface area contributed by atoms with E-state index in [1.165, 1.54) is 28.6 Å². The minimum absolute atomic E-state index is 0.000795. The molecule has 10 nitrogen and oxygen atoms in total. The molecule has 0 unspecified atom stereocenters. The summed E-state index contributed by atoms with van der Waals surface area (Å²) < 4.78 is 33.6. The SMILES string of the molecule is Cc1ccc(S(=O)(=O)N2CCN(c3c(Cl)cccc3NC(=O)/C=C/c3ccc(-c4ccc([N+](=O)[O-])cc4C)o3)CC2)cc1. The molecule has 1 aliphatic rings. The predicted molar refractivity (Wildman–Crippen MR) is 167 cm³/mol. The van der Waals surface area contributed by atoms with Crippen LogP contribution in [0.5, 0.6) is 0 Å². The number of sulfonamides is 1. The number of para-hydroxylation sites is 1. The molecule has 3 aromatic carbocycles. The molecular formula is C31H29ClN4O6S. The maximum absolute atomic E-state index is 13.1. The molecule has 0 spiro atoms. The number of amides is 1. The smallest absolute Gasteiger partial charge is 0.269 e. The van der Waals surface area contributed by atoms with E-state index in [-0.39, 0.29) is 23.7 Å². The first-order valence-corrected chi connectivity index (χ1v) is 15.3. The van der Waals surface area contributed by atoms with Crippen molar-refractivity contribution < 1.29 is 22.6 Å². The predicted octanol–water partition coefficient (Wildman–Crippen LogP) is 6.29. The number of carbonyl (C=O) groups excluding carboxylic acids is 1. The molecular weight excluding hydrogens is 592 g/mol. The van der Waals surface area contributed by atoms with Gasteiger partial charge in [-0.1, -0.05) is 35.4 Å². The highest BCUT2D eigenvalue weighted by Gasteiger charge is 2.30. The number of aryl methyl sites for hydroxylation is 2. The van der Waals surface area contributed by atoms with Crippen LogP contribution in [0.25, 0.3) is 17.4 Å². The number of non-ortho nitro benzene ring substituents is 1. The minimum atomic E-state index is -3.62. The second-order valence-corrected chi connectivity index (χ2v) is 12.5. The Morgan fingerprint density at radius 1 is 1.00 bits per heavy atom. The van der Waals surface area contributed by atoms with E-state index in [0.29, 0.717) is 52.1 Å². The molecule has 43 heavy (non-hydrogen) atoms. The summed E-state index contributed by atoms with van der Waals surface area (Å²) >= 11 is 6.56. The normalized spacial score (nSPS) is 14.3. The van der Waals surface area contributed by atoms with Crippen molar-refractivity contribution in [1.29, 1.82) is 0 Å². The second-order valence-electron chi connectivity index (χ2n) is 10.1. The van der Waals surface area contributed by atoms with Crippen molar-refractivity contribution in [2.45, 2.75) is 18.7 Å². The van der Waals surface area contributed by atoms with E-state index < -0.39 is 20.9 Å². The Balaban J connectivity index is 1.25. The standard InChI is InChI=1S/C31H29ClN4O6S/c1-21-6-11-25(12-7-21)43(40,41)35-18-16-34(17-19-35)31-27(32)4-3-5-28(31)33-30(37)15-10-24-9-14-29(42-24)26-13-8-23(36(38)39)20-22(26)2/h3-15,20H,16-19H2,1-2H3,(H,33,37)/b15-10+. The molecule has 0 radical (unpaired) electrons. The lowest BCUT2D eigenvalue weighted by Gasteiger charge is -2.36. The molecule has 4 aromatic rings. The largest absolute Gasteiger partial charge is 0.457 e. The number of hydrogen-bond acceptors (Lipinski definition) is 7. The van der Waals surface area contributed by atoms with Gasteiger partial charge in [-0.2, -0.15) is 4.31 Å². The molecule has 0 saturated carbocycles. The summed E-state index contributed by atoms with van der Waals surface area (Å²) in [5.41, 5.74) is 3.51. The van der Waals surface area contributed by atoms with Crippen molar-refractivity contribution in [2.24, 2.45) is 0 Å². The third-order valence-electron chi connectivity index (χ3n) is 7.17. The lowest BCUT2D eigenvalue weighted by Crippen LogP contribution is -2.49. The van der Waals surface area contributed by atoms with Crippen LogP contribution in [0.3, 0.4) is 0 Å². The number of benzene rings is 3. The van der Waals surface area contributed by atoms with Crippen LogP contribution in [0.15, 0.2) is 88.2 Å². The fourth-order valence-corrected chi connectivity index (χ4v) is 6.62. The van der Waals surface area contributed by atoms with Crippen LogP contribution in [0.1, 0.15) is 16.9 Å². The topological polar surface area (TPSA) is 126 Å². The zero-order valence-corrected chi connectivity index (χ0v) is 25.1. The van der Waals surface area contributed by atoms with Gasteiger partial charge in [-0.25, -0.2) is 8.42 Å². The summed E-state index contributed by atoms with van der Waals surface area (Å²) in [4.78, 5) is 25.7. The van der Waals surface area contributed by atoms with Gasteiger partial charge in [0.25, 0.3) is 5.69 Å². The van der Waals surface area contributed by atoms with Gasteiger partial charge >= 0.3 is 0 Å². The summed E-state index contributed by atoms with van der Waals surface area (Å²) in [7, 11) is -3.62. The summed E-state index contributed by atoms with van der Waals surface area (Å²) in [5, 5.41) is 14.3. The van der Waals surface area contributed by atoms with E-state index in [0.717, 1.165) is 5.56 Å². The van der Waals surface area contributed by atoms with Crippen LogP contribution >= 0.6 is 11.6 Å². The van der Waals surface area contributed by atoms with Gasteiger partial charge in [-0.05, 0) is 68.0 Å². The monoisotopic (exact) mass is 620 g/mol. The number of nitro groups is 1. The van der Waals surface area contributed by atoms with Gasteiger partial charge in [0.15, 0.2) is 0 Å². The Morgan fingerprint density at radius 3 is 2.40 bits per heavy atom. The maximum atomic E-state index is 13.1. The Kier molecular flexibility index (Phi) is 8.67. The van der Waals surface area contributed by atoms with Crippen LogP contribution in [0.2, 0.25) is 5.02 Å². The molecule has 0 aliphatic carbocycles. The molecule has 222 valence electrons. The number of furan rings is 1. The van der Waals surface area contributed by atoms with Crippen LogP contribution in [-0.4, -0.2) is 49.7 Å². The Hall–Kier alpha value is -4.45. The van der Waals surface area contributed by atoms with E-state index in [4.69, 9.17) is 16.0 Å². The van der Waals surface area contributed by atoms with Crippen LogP contribution in [0, 0.1) is 24.0 Å². The molecule has 12 heteroatoms. The fourth-order valence-electron chi connectivity index (χ4n) is 4.91.